The summed E-state index contributed by atoms with van der Waals surface area (Å²) in [5.41, 5.74) is 1.62. The molecule has 1 aliphatic rings. The molecule has 0 amide bonds. The molecule has 0 fully saturated rings. The number of ether oxygens (including phenoxy) is 2. The van der Waals surface area contributed by atoms with Crippen molar-refractivity contribution < 1.29 is 22.6 Å². The van der Waals surface area contributed by atoms with Crippen LogP contribution in [0.1, 0.15) is 29.3 Å². The number of alkyl halides is 3. The van der Waals surface area contributed by atoms with E-state index < -0.39 is 11.7 Å². The summed E-state index contributed by atoms with van der Waals surface area (Å²) >= 11 is 0. The van der Waals surface area contributed by atoms with Crippen LogP contribution in [0.4, 0.5) is 13.2 Å². The average Bonchev–Trinajstić information content (AvgIpc) is 2.79. The lowest BCUT2D eigenvalue weighted by atomic mass is 10.0. The molecule has 4 rings (SSSR count). The van der Waals surface area contributed by atoms with Gasteiger partial charge in [-0.25, -0.2) is 4.98 Å². The quantitative estimate of drug-likeness (QED) is 0.591. The first-order valence-electron chi connectivity index (χ1n) is 10.6. The Bertz CT molecular complexity index is 1190. The standard InChI is InChI=1S/C24H24F3N3O3/c1-3-33-21-16(5-4-6-20(21)32-2)13-30-12-11-18-19(14-30)28-22(29-23(18)31)15-7-9-17(10-8-15)24(25,26)27/h4-10H,3,11-14H2,1-2H3,(H,28,29,31). The summed E-state index contributed by atoms with van der Waals surface area (Å²) in [6.45, 7) is 4.10. The Morgan fingerprint density at radius 1 is 1.15 bits per heavy atom. The predicted molar refractivity (Wildman–Crippen MR) is 117 cm³/mol. The molecule has 2 aromatic carbocycles. The van der Waals surface area contributed by atoms with Crippen LogP contribution in [0.5, 0.6) is 11.5 Å². The highest BCUT2D eigenvalue weighted by atomic mass is 19.4. The number of para-hydroxylation sites is 1. The molecule has 0 radical (unpaired) electrons. The van der Waals surface area contributed by atoms with E-state index in [1.54, 1.807) is 7.11 Å². The van der Waals surface area contributed by atoms with Gasteiger partial charge in [0.15, 0.2) is 11.5 Å². The van der Waals surface area contributed by atoms with Gasteiger partial charge in [-0.05, 0) is 31.5 Å². The van der Waals surface area contributed by atoms with E-state index in [4.69, 9.17) is 9.47 Å². The Kier molecular flexibility index (Phi) is 6.42. The molecule has 174 valence electrons. The van der Waals surface area contributed by atoms with Crippen LogP contribution < -0.4 is 15.0 Å². The van der Waals surface area contributed by atoms with Crippen molar-refractivity contribution in [2.75, 3.05) is 20.3 Å². The Labute approximate surface area is 189 Å². The molecule has 0 aliphatic carbocycles. The van der Waals surface area contributed by atoms with Gasteiger partial charge < -0.3 is 14.5 Å². The number of rotatable bonds is 6. The van der Waals surface area contributed by atoms with E-state index in [1.165, 1.54) is 12.1 Å². The van der Waals surface area contributed by atoms with Gasteiger partial charge in [0.25, 0.3) is 5.56 Å². The third kappa shape index (κ3) is 4.88. The molecule has 0 saturated heterocycles. The van der Waals surface area contributed by atoms with Crippen LogP contribution in [0, 0.1) is 0 Å². The number of aromatic nitrogens is 2. The second-order valence-corrected chi connectivity index (χ2v) is 7.76. The summed E-state index contributed by atoms with van der Waals surface area (Å²) < 4.78 is 49.8. The largest absolute Gasteiger partial charge is 0.493 e. The first-order valence-corrected chi connectivity index (χ1v) is 10.6. The molecule has 2 heterocycles. The molecule has 0 unspecified atom stereocenters. The highest BCUT2D eigenvalue weighted by molar-refractivity contribution is 5.56. The zero-order valence-electron chi connectivity index (χ0n) is 18.3. The van der Waals surface area contributed by atoms with Gasteiger partial charge in [0, 0.05) is 36.3 Å². The zero-order valence-corrected chi connectivity index (χ0v) is 18.3. The van der Waals surface area contributed by atoms with E-state index >= 15 is 0 Å². The van der Waals surface area contributed by atoms with E-state index in [1.807, 2.05) is 25.1 Å². The lowest BCUT2D eigenvalue weighted by molar-refractivity contribution is -0.137. The highest BCUT2D eigenvalue weighted by Gasteiger charge is 2.30. The van der Waals surface area contributed by atoms with Crippen molar-refractivity contribution in [2.45, 2.75) is 32.6 Å². The molecule has 0 bridgehead atoms. The van der Waals surface area contributed by atoms with E-state index in [0.29, 0.717) is 61.0 Å². The zero-order chi connectivity index (χ0) is 23.6. The fraction of sp³-hybridized carbons (Fsp3) is 0.333. The van der Waals surface area contributed by atoms with Crippen molar-refractivity contribution in [1.82, 2.24) is 14.9 Å². The van der Waals surface area contributed by atoms with Crippen molar-refractivity contribution in [3.63, 3.8) is 0 Å². The number of nitrogens with zero attached hydrogens (tertiary/aromatic N) is 2. The van der Waals surface area contributed by atoms with Crippen LogP contribution in [0.2, 0.25) is 0 Å². The van der Waals surface area contributed by atoms with Gasteiger partial charge in [-0.1, -0.05) is 24.3 Å². The minimum Gasteiger partial charge on any atom is -0.493 e. The van der Waals surface area contributed by atoms with Gasteiger partial charge in [0.1, 0.15) is 5.82 Å². The predicted octanol–water partition coefficient (Wildman–Crippen LogP) is 4.42. The number of hydrogen-bond acceptors (Lipinski definition) is 5. The Morgan fingerprint density at radius 2 is 1.91 bits per heavy atom. The second-order valence-electron chi connectivity index (χ2n) is 7.76. The molecule has 1 aliphatic heterocycles. The van der Waals surface area contributed by atoms with Crippen LogP contribution in [0.3, 0.4) is 0 Å². The third-order valence-corrected chi connectivity index (χ3v) is 5.60. The smallest absolute Gasteiger partial charge is 0.416 e. The Hall–Kier alpha value is -3.33. The van der Waals surface area contributed by atoms with Gasteiger partial charge in [0.2, 0.25) is 0 Å². The first-order chi connectivity index (χ1) is 15.8. The number of H-pyrrole nitrogens is 1. The van der Waals surface area contributed by atoms with E-state index in [9.17, 15) is 18.0 Å². The number of nitrogens with one attached hydrogen (secondary N) is 1. The Morgan fingerprint density at radius 3 is 2.58 bits per heavy atom. The number of aromatic amines is 1. The molecule has 1 aromatic heterocycles. The van der Waals surface area contributed by atoms with Crippen LogP contribution in [-0.4, -0.2) is 35.1 Å². The molecular weight excluding hydrogens is 435 g/mol. The monoisotopic (exact) mass is 459 g/mol. The van der Waals surface area contributed by atoms with E-state index in [-0.39, 0.29) is 11.4 Å². The van der Waals surface area contributed by atoms with Crippen LogP contribution in [0.15, 0.2) is 47.3 Å². The van der Waals surface area contributed by atoms with Crippen molar-refractivity contribution in [3.8, 4) is 22.9 Å². The summed E-state index contributed by atoms with van der Waals surface area (Å²) in [6.07, 6.45) is -3.89. The number of benzene rings is 2. The van der Waals surface area contributed by atoms with Gasteiger partial charge >= 0.3 is 6.18 Å². The number of halogens is 3. The molecule has 6 nitrogen and oxygen atoms in total. The first kappa shape index (κ1) is 22.8. The van der Waals surface area contributed by atoms with Crippen LogP contribution >= 0.6 is 0 Å². The summed E-state index contributed by atoms with van der Waals surface area (Å²) in [5.74, 6) is 1.61. The SMILES string of the molecule is CCOc1c(CN2CCc3c(nc(-c4ccc(C(F)(F)F)cc4)[nH]c3=O)C2)cccc1OC. The molecule has 0 atom stereocenters. The summed E-state index contributed by atoms with van der Waals surface area (Å²) in [6, 6.07) is 10.3. The van der Waals surface area contributed by atoms with Crippen molar-refractivity contribution in [1.29, 1.82) is 0 Å². The molecule has 1 N–H and O–H groups in total. The maximum atomic E-state index is 12.9. The minimum absolute atomic E-state index is 0.255. The van der Waals surface area contributed by atoms with E-state index in [0.717, 1.165) is 17.7 Å². The van der Waals surface area contributed by atoms with E-state index in [2.05, 4.69) is 14.9 Å². The van der Waals surface area contributed by atoms with Gasteiger partial charge in [0.05, 0.1) is 25.0 Å². The normalized spacial score (nSPS) is 14.1. The van der Waals surface area contributed by atoms with Gasteiger partial charge in [-0.3, -0.25) is 9.69 Å². The molecule has 3 aromatic rings. The molecule has 9 heteroatoms. The Balaban J connectivity index is 1.59. The van der Waals surface area contributed by atoms with Crippen LogP contribution in [-0.2, 0) is 25.7 Å². The lowest BCUT2D eigenvalue weighted by Crippen LogP contribution is -2.35. The van der Waals surface area contributed by atoms with Crippen LogP contribution in [0.25, 0.3) is 11.4 Å². The fourth-order valence-electron chi connectivity index (χ4n) is 3.98. The van der Waals surface area contributed by atoms with Crippen molar-refractivity contribution in [3.05, 3.63) is 75.2 Å². The van der Waals surface area contributed by atoms with Gasteiger partial charge in [-0.2, -0.15) is 13.2 Å². The second kappa shape index (κ2) is 9.27. The third-order valence-electron chi connectivity index (χ3n) is 5.60. The molecular formula is C24H24F3N3O3. The highest BCUT2D eigenvalue weighted by Crippen LogP contribution is 2.33. The van der Waals surface area contributed by atoms with Crippen molar-refractivity contribution in [2.24, 2.45) is 0 Å². The number of fused-ring (bicyclic) bond motifs is 1. The number of hydrogen-bond donors (Lipinski definition) is 1. The maximum Gasteiger partial charge on any atom is 0.416 e. The summed E-state index contributed by atoms with van der Waals surface area (Å²) in [7, 11) is 1.59. The summed E-state index contributed by atoms with van der Waals surface area (Å²) in [5, 5.41) is 0. The molecule has 0 saturated carbocycles. The fourth-order valence-corrected chi connectivity index (χ4v) is 3.98. The average molecular weight is 459 g/mol. The topological polar surface area (TPSA) is 67.5 Å². The van der Waals surface area contributed by atoms with Crippen molar-refractivity contribution >= 4 is 0 Å². The minimum atomic E-state index is -4.42. The lowest BCUT2D eigenvalue weighted by Gasteiger charge is -2.28. The van der Waals surface area contributed by atoms with Gasteiger partial charge in [-0.15, -0.1) is 0 Å². The molecule has 33 heavy (non-hydrogen) atoms. The maximum absolute atomic E-state index is 12.9. The molecule has 0 spiro atoms. The number of methoxy groups -OCH3 is 1. The summed E-state index contributed by atoms with van der Waals surface area (Å²) in [4.78, 5) is 22.1.